The average molecular weight is 520 g/mol. The summed E-state index contributed by atoms with van der Waals surface area (Å²) in [6, 6.07) is 14.0. The molecule has 0 aliphatic carbocycles. The van der Waals surface area contributed by atoms with E-state index in [9.17, 15) is 4.79 Å². The fourth-order valence-corrected chi connectivity index (χ4v) is 3.29. The first-order valence-electron chi connectivity index (χ1n) is 9.79. The molecule has 30 heavy (non-hydrogen) atoms. The van der Waals surface area contributed by atoms with Crippen molar-refractivity contribution in [1.82, 2.24) is 15.6 Å². The Kier molecular flexibility index (Phi) is 9.16. The summed E-state index contributed by atoms with van der Waals surface area (Å²) in [7, 11) is 3.16. The summed E-state index contributed by atoms with van der Waals surface area (Å²) in [5.41, 5.74) is 5.45. The highest BCUT2D eigenvalue weighted by Crippen LogP contribution is 2.19. The fraction of sp³-hybridized carbons (Fsp3) is 0.304. The van der Waals surface area contributed by atoms with Crippen molar-refractivity contribution >= 4 is 46.8 Å². The number of aromatic nitrogens is 1. The highest BCUT2D eigenvalue weighted by molar-refractivity contribution is 14.0. The van der Waals surface area contributed by atoms with Gasteiger partial charge in [-0.3, -0.25) is 4.99 Å². The molecule has 7 heteroatoms. The molecule has 0 unspecified atom stereocenters. The zero-order chi connectivity index (χ0) is 20.6. The minimum atomic E-state index is -0.315. The number of aliphatic imine (C=N–C) groups is 1. The summed E-state index contributed by atoms with van der Waals surface area (Å²) in [6.07, 6.45) is 3.84. The lowest BCUT2D eigenvalue weighted by molar-refractivity contribution is 0.0600. The number of rotatable bonds is 7. The Balaban J connectivity index is 0.00000320. The maximum Gasteiger partial charge on any atom is 0.337 e. The number of esters is 1. The molecule has 0 aliphatic heterocycles. The van der Waals surface area contributed by atoms with E-state index in [1.54, 1.807) is 19.2 Å². The second-order valence-corrected chi connectivity index (χ2v) is 6.98. The van der Waals surface area contributed by atoms with Gasteiger partial charge in [0, 0.05) is 37.2 Å². The molecule has 0 bridgehead atoms. The predicted molar refractivity (Wildman–Crippen MR) is 133 cm³/mol. The molecule has 1 heterocycles. The van der Waals surface area contributed by atoms with E-state index in [2.05, 4.69) is 51.9 Å². The van der Waals surface area contributed by atoms with Gasteiger partial charge in [-0.25, -0.2) is 4.79 Å². The lowest BCUT2D eigenvalue weighted by Gasteiger charge is -2.12. The SMILES string of the molecule is CN=C(NCCc1ccc(C(=O)OC)cc1)NCCc1c[nH]c2cc(C)ccc12.I. The topological polar surface area (TPSA) is 78.5 Å². The number of fused-ring (bicyclic) bond motifs is 1. The van der Waals surface area contributed by atoms with Crippen LogP contribution in [0.15, 0.2) is 53.7 Å². The van der Waals surface area contributed by atoms with Crippen molar-refractivity contribution in [1.29, 1.82) is 0 Å². The van der Waals surface area contributed by atoms with Crippen LogP contribution in [0.3, 0.4) is 0 Å². The van der Waals surface area contributed by atoms with E-state index in [4.69, 9.17) is 4.74 Å². The van der Waals surface area contributed by atoms with Crippen molar-refractivity contribution in [3.8, 4) is 0 Å². The Morgan fingerprint density at radius 3 is 2.43 bits per heavy atom. The first-order valence-corrected chi connectivity index (χ1v) is 9.79. The number of hydrogen-bond acceptors (Lipinski definition) is 3. The summed E-state index contributed by atoms with van der Waals surface area (Å²) in [6.45, 7) is 3.66. The van der Waals surface area contributed by atoms with Crippen molar-refractivity contribution in [3.63, 3.8) is 0 Å². The molecule has 160 valence electrons. The van der Waals surface area contributed by atoms with E-state index in [0.29, 0.717) is 5.56 Å². The van der Waals surface area contributed by atoms with Crippen LogP contribution >= 0.6 is 24.0 Å². The molecule has 3 aromatic rings. The van der Waals surface area contributed by atoms with E-state index >= 15 is 0 Å². The van der Waals surface area contributed by atoms with Gasteiger partial charge in [-0.1, -0.05) is 24.3 Å². The molecule has 6 nitrogen and oxygen atoms in total. The molecule has 0 spiro atoms. The summed E-state index contributed by atoms with van der Waals surface area (Å²) >= 11 is 0. The third-order valence-corrected chi connectivity index (χ3v) is 4.91. The zero-order valence-corrected chi connectivity index (χ0v) is 19.9. The Hall–Kier alpha value is -2.55. The molecule has 0 amide bonds. The monoisotopic (exact) mass is 520 g/mol. The minimum absolute atomic E-state index is 0. The number of carbonyl (C=O) groups excluding carboxylic acids is 1. The van der Waals surface area contributed by atoms with Gasteiger partial charge in [-0.05, 0) is 54.7 Å². The highest BCUT2D eigenvalue weighted by atomic mass is 127. The molecule has 3 N–H and O–H groups in total. The van der Waals surface area contributed by atoms with Crippen LogP contribution in [0.1, 0.15) is 27.0 Å². The molecule has 0 radical (unpaired) electrons. The minimum Gasteiger partial charge on any atom is -0.465 e. The number of halogens is 1. The van der Waals surface area contributed by atoms with Gasteiger partial charge in [0.1, 0.15) is 0 Å². The van der Waals surface area contributed by atoms with Gasteiger partial charge in [0.05, 0.1) is 12.7 Å². The molecular formula is C23H29IN4O2. The Labute approximate surface area is 194 Å². The second kappa shape index (κ2) is 11.6. The van der Waals surface area contributed by atoms with Crippen LogP contribution in [-0.2, 0) is 17.6 Å². The number of hydrogen-bond donors (Lipinski definition) is 3. The number of H-pyrrole nitrogens is 1. The number of guanidine groups is 1. The maximum atomic E-state index is 11.5. The molecule has 2 aromatic carbocycles. The van der Waals surface area contributed by atoms with E-state index in [1.807, 2.05) is 12.1 Å². The Morgan fingerprint density at radius 2 is 1.77 bits per heavy atom. The van der Waals surface area contributed by atoms with Crippen molar-refractivity contribution < 1.29 is 9.53 Å². The summed E-state index contributed by atoms with van der Waals surface area (Å²) in [5, 5.41) is 7.97. The zero-order valence-electron chi connectivity index (χ0n) is 17.6. The largest absolute Gasteiger partial charge is 0.465 e. The van der Waals surface area contributed by atoms with Crippen LogP contribution in [0.2, 0.25) is 0 Å². The number of nitrogens with zero attached hydrogens (tertiary/aromatic N) is 1. The van der Waals surface area contributed by atoms with Crippen molar-refractivity contribution in [2.75, 3.05) is 27.2 Å². The molecule has 0 saturated carbocycles. The van der Waals surface area contributed by atoms with E-state index < -0.39 is 0 Å². The fourth-order valence-electron chi connectivity index (χ4n) is 3.29. The molecule has 0 saturated heterocycles. The molecule has 1 aromatic heterocycles. The maximum absolute atomic E-state index is 11.5. The number of benzene rings is 2. The average Bonchev–Trinajstić information content (AvgIpc) is 3.14. The molecule has 0 aliphatic rings. The number of aromatic amines is 1. The third-order valence-electron chi connectivity index (χ3n) is 4.91. The summed E-state index contributed by atoms with van der Waals surface area (Å²) < 4.78 is 4.72. The second-order valence-electron chi connectivity index (χ2n) is 6.98. The molecule has 3 rings (SSSR count). The van der Waals surface area contributed by atoms with Crippen molar-refractivity contribution in [2.24, 2.45) is 4.99 Å². The highest BCUT2D eigenvalue weighted by Gasteiger charge is 2.06. The molecule has 0 atom stereocenters. The Bertz CT molecular complexity index is 996. The quantitative estimate of drug-likeness (QED) is 0.192. The van der Waals surface area contributed by atoms with Gasteiger partial charge >= 0.3 is 5.97 Å². The first kappa shape index (κ1) is 23.7. The third kappa shape index (κ3) is 6.22. The normalized spacial score (nSPS) is 11.1. The standard InChI is InChI=1S/C23H28N4O2.HI/c1-16-4-9-20-19(15-27-21(20)14-16)11-13-26-23(24-2)25-12-10-17-5-7-18(8-6-17)22(28)29-3;/h4-9,14-15,27H,10-13H2,1-3H3,(H2,24,25,26);1H. The van der Waals surface area contributed by atoms with Gasteiger partial charge in [0.15, 0.2) is 5.96 Å². The number of ether oxygens (including phenoxy) is 1. The van der Waals surface area contributed by atoms with Crippen molar-refractivity contribution in [2.45, 2.75) is 19.8 Å². The predicted octanol–water partition coefficient (Wildman–Crippen LogP) is 3.83. The van der Waals surface area contributed by atoms with Crippen LogP contribution < -0.4 is 10.6 Å². The van der Waals surface area contributed by atoms with Crippen molar-refractivity contribution in [3.05, 3.63) is 70.9 Å². The van der Waals surface area contributed by atoms with Gasteiger partial charge in [0.25, 0.3) is 0 Å². The van der Waals surface area contributed by atoms with Crippen LogP contribution in [0.4, 0.5) is 0 Å². The van der Waals surface area contributed by atoms with Crippen LogP contribution in [0.5, 0.6) is 0 Å². The number of carbonyl (C=O) groups is 1. The van der Waals surface area contributed by atoms with Crippen LogP contribution in [0.25, 0.3) is 10.9 Å². The van der Waals surface area contributed by atoms with Gasteiger partial charge in [-0.2, -0.15) is 0 Å². The van der Waals surface area contributed by atoms with E-state index in [-0.39, 0.29) is 29.9 Å². The molecular weight excluding hydrogens is 491 g/mol. The van der Waals surface area contributed by atoms with E-state index in [1.165, 1.54) is 29.1 Å². The first-order chi connectivity index (χ1) is 14.1. The van der Waals surface area contributed by atoms with Crippen LogP contribution in [-0.4, -0.2) is 44.2 Å². The van der Waals surface area contributed by atoms with Gasteiger partial charge in [-0.15, -0.1) is 24.0 Å². The Morgan fingerprint density at radius 1 is 1.07 bits per heavy atom. The van der Waals surface area contributed by atoms with Gasteiger partial charge in [0.2, 0.25) is 0 Å². The van der Waals surface area contributed by atoms with Crippen LogP contribution in [0, 0.1) is 6.92 Å². The lowest BCUT2D eigenvalue weighted by Crippen LogP contribution is -2.39. The van der Waals surface area contributed by atoms with E-state index in [0.717, 1.165) is 37.5 Å². The smallest absolute Gasteiger partial charge is 0.337 e. The lowest BCUT2D eigenvalue weighted by atomic mass is 10.1. The number of aryl methyl sites for hydroxylation is 1. The summed E-state index contributed by atoms with van der Waals surface area (Å²) in [5.74, 6) is 0.469. The number of methoxy groups -OCH3 is 1. The van der Waals surface area contributed by atoms with Gasteiger partial charge < -0.3 is 20.4 Å². The summed E-state index contributed by atoms with van der Waals surface area (Å²) in [4.78, 5) is 19.1. The molecule has 0 fully saturated rings. The number of nitrogens with one attached hydrogen (secondary N) is 3.